The van der Waals surface area contributed by atoms with E-state index < -0.39 is 17.0 Å². The molecule has 0 N–H and O–H groups in total. The van der Waals surface area contributed by atoms with Gasteiger partial charge in [-0.1, -0.05) is 19.9 Å². The fourth-order valence-corrected chi connectivity index (χ4v) is 2.03. The molecule has 1 aromatic carbocycles. The molecule has 1 aromatic rings. The van der Waals surface area contributed by atoms with Crippen molar-refractivity contribution in [3.8, 4) is 0 Å². The third-order valence-corrected chi connectivity index (χ3v) is 3.33. The average molecular weight is 210 g/mol. The lowest BCUT2D eigenvalue weighted by Gasteiger charge is -2.42. The second-order valence-corrected chi connectivity index (χ2v) is 4.58. The summed E-state index contributed by atoms with van der Waals surface area (Å²) in [7, 11) is 0. The summed E-state index contributed by atoms with van der Waals surface area (Å²) in [5.41, 5.74) is 0.267. The van der Waals surface area contributed by atoms with Crippen LogP contribution < -0.4 is 0 Å². The molecule has 0 spiro atoms. The van der Waals surface area contributed by atoms with E-state index in [1.54, 1.807) is 6.07 Å². The lowest BCUT2D eigenvalue weighted by Crippen LogP contribution is -2.43. The quantitative estimate of drug-likeness (QED) is 0.696. The van der Waals surface area contributed by atoms with Gasteiger partial charge < -0.3 is 0 Å². The van der Waals surface area contributed by atoms with Crippen LogP contribution in [0.4, 0.5) is 8.78 Å². The van der Waals surface area contributed by atoms with Gasteiger partial charge in [0.05, 0.1) is 0 Å². The van der Waals surface area contributed by atoms with E-state index in [9.17, 15) is 13.6 Å². The van der Waals surface area contributed by atoms with Crippen LogP contribution in [0.1, 0.15) is 31.7 Å². The fraction of sp³-hybridized carbons (Fsp3) is 0.417. The van der Waals surface area contributed by atoms with Crippen LogP contribution in [0.3, 0.4) is 0 Å². The minimum atomic E-state index is -0.845. The number of Topliss-reactive ketones (excluding diaryl/α,β-unsaturated/α-hetero) is 1. The van der Waals surface area contributed by atoms with Crippen LogP contribution in [-0.2, 0) is 4.79 Å². The van der Waals surface area contributed by atoms with Crippen molar-refractivity contribution < 1.29 is 13.6 Å². The molecule has 3 heteroatoms. The lowest BCUT2D eigenvalue weighted by molar-refractivity contribution is -0.137. The summed E-state index contributed by atoms with van der Waals surface area (Å²) >= 11 is 0. The normalized spacial score (nSPS) is 23.7. The molecule has 0 aromatic heterocycles. The van der Waals surface area contributed by atoms with Crippen LogP contribution in [0.2, 0.25) is 0 Å². The molecule has 1 saturated carbocycles. The Labute approximate surface area is 87.1 Å². The largest absolute Gasteiger partial charge is 0.299 e. The van der Waals surface area contributed by atoms with Crippen LogP contribution >= 0.6 is 0 Å². The van der Waals surface area contributed by atoms with E-state index in [-0.39, 0.29) is 11.7 Å². The summed E-state index contributed by atoms with van der Waals surface area (Å²) in [6.07, 6.45) is 0.429. The maximum atomic E-state index is 13.0. The highest BCUT2D eigenvalue weighted by molar-refractivity contribution is 5.92. The van der Waals surface area contributed by atoms with Crippen molar-refractivity contribution in [1.29, 1.82) is 0 Å². The van der Waals surface area contributed by atoms with Gasteiger partial charge in [0.2, 0.25) is 0 Å². The summed E-state index contributed by atoms with van der Waals surface area (Å²) in [5, 5.41) is 0. The Morgan fingerprint density at radius 1 is 1.27 bits per heavy atom. The monoisotopic (exact) mass is 210 g/mol. The third kappa shape index (κ3) is 1.46. The first-order chi connectivity index (χ1) is 6.93. The first kappa shape index (κ1) is 10.3. The van der Waals surface area contributed by atoms with Gasteiger partial charge in [0.1, 0.15) is 5.78 Å². The molecule has 15 heavy (non-hydrogen) atoms. The molecule has 0 aliphatic heterocycles. The number of benzene rings is 1. The van der Waals surface area contributed by atoms with Gasteiger partial charge in [0.15, 0.2) is 11.6 Å². The van der Waals surface area contributed by atoms with Crippen molar-refractivity contribution in [2.45, 2.75) is 26.2 Å². The van der Waals surface area contributed by atoms with Gasteiger partial charge in [0, 0.05) is 17.8 Å². The van der Waals surface area contributed by atoms with Crippen LogP contribution in [-0.4, -0.2) is 5.78 Å². The van der Waals surface area contributed by atoms with Crippen molar-refractivity contribution in [3.63, 3.8) is 0 Å². The molecule has 0 bridgehead atoms. The predicted molar refractivity (Wildman–Crippen MR) is 52.5 cm³/mol. The molecular formula is C12H12F2O. The average Bonchev–Trinajstić information content (AvgIpc) is 2.19. The standard InChI is InChI=1S/C12H12F2O/c1-12(2)8(6-11(12)15)7-3-4-9(13)10(14)5-7/h3-5,8H,6H2,1-2H3. The molecule has 0 radical (unpaired) electrons. The highest BCUT2D eigenvalue weighted by atomic mass is 19.2. The Kier molecular flexibility index (Phi) is 2.14. The van der Waals surface area contributed by atoms with Crippen molar-refractivity contribution >= 4 is 5.78 Å². The number of hydrogen-bond acceptors (Lipinski definition) is 1. The highest BCUT2D eigenvalue weighted by Gasteiger charge is 2.47. The summed E-state index contributed by atoms with van der Waals surface area (Å²) in [6.45, 7) is 3.68. The van der Waals surface area contributed by atoms with Gasteiger partial charge in [-0.25, -0.2) is 8.78 Å². The molecule has 1 aliphatic carbocycles. The van der Waals surface area contributed by atoms with E-state index in [1.807, 2.05) is 13.8 Å². The van der Waals surface area contributed by atoms with Gasteiger partial charge in [-0.3, -0.25) is 4.79 Å². The molecule has 80 valence electrons. The number of ketones is 1. The molecule has 1 fully saturated rings. The lowest BCUT2D eigenvalue weighted by atomic mass is 9.59. The Balaban J connectivity index is 2.32. The molecule has 0 heterocycles. The maximum Gasteiger partial charge on any atom is 0.159 e. The van der Waals surface area contributed by atoms with Gasteiger partial charge in [0.25, 0.3) is 0 Å². The predicted octanol–water partition coefficient (Wildman–Crippen LogP) is 3.05. The minimum Gasteiger partial charge on any atom is -0.299 e. The van der Waals surface area contributed by atoms with Gasteiger partial charge >= 0.3 is 0 Å². The number of hydrogen-bond donors (Lipinski definition) is 0. The highest BCUT2D eigenvalue weighted by Crippen LogP contribution is 2.49. The second-order valence-electron chi connectivity index (χ2n) is 4.58. The number of halogens is 2. The molecule has 2 rings (SSSR count). The van der Waals surface area contributed by atoms with Gasteiger partial charge in [-0.15, -0.1) is 0 Å². The summed E-state index contributed by atoms with van der Waals surface area (Å²) < 4.78 is 25.7. The van der Waals surface area contributed by atoms with E-state index in [4.69, 9.17) is 0 Å². The zero-order chi connectivity index (χ0) is 11.2. The smallest absolute Gasteiger partial charge is 0.159 e. The zero-order valence-corrected chi connectivity index (χ0v) is 8.68. The Morgan fingerprint density at radius 3 is 2.40 bits per heavy atom. The topological polar surface area (TPSA) is 17.1 Å². The molecule has 0 amide bonds. The molecular weight excluding hydrogens is 198 g/mol. The van der Waals surface area contributed by atoms with E-state index in [0.717, 1.165) is 6.07 Å². The number of carbonyl (C=O) groups is 1. The molecule has 1 atom stereocenters. The Bertz CT molecular complexity index is 424. The SMILES string of the molecule is CC1(C)C(=O)CC1c1ccc(F)c(F)c1. The molecule has 1 nitrogen and oxygen atoms in total. The van der Waals surface area contributed by atoms with Crippen molar-refractivity contribution in [2.75, 3.05) is 0 Å². The summed E-state index contributed by atoms with van der Waals surface area (Å²) in [6, 6.07) is 3.86. The van der Waals surface area contributed by atoms with E-state index in [1.165, 1.54) is 6.07 Å². The maximum absolute atomic E-state index is 13.0. The summed E-state index contributed by atoms with van der Waals surface area (Å²) in [5.74, 6) is -1.50. The molecule has 0 saturated heterocycles. The summed E-state index contributed by atoms with van der Waals surface area (Å²) in [4.78, 5) is 11.3. The van der Waals surface area contributed by atoms with Crippen molar-refractivity contribution in [3.05, 3.63) is 35.4 Å². The molecule has 1 unspecified atom stereocenters. The van der Waals surface area contributed by atoms with Crippen LogP contribution in [0.15, 0.2) is 18.2 Å². The molecule has 1 aliphatic rings. The van der Waals surface area contributed by atoms with E-state index in [2.05, 4.69) is 0 Å². The van der Waals surface area contributed by atoms with Crippen LogP contribution in [0, 0.1) is 17.0 Å². The second kappa shape index (κ2) is 3.12. The Hall–Kier alpha value is -1.25. The van der Waals surface area contributed by atoms with Gasteiger partial charge in [-0.2, -0.15) is 0 Å². The van der Waals surface area contributed by atoms with Crippen molar-refractivity contribution in [2.24, 2.45) is 5.41 Å². The minimum absolute atomic E-state index is 0.0140. The first-order valence-corrected chi connectivity index (χ1v) is 4.91. The van der Waals surface area contributed by atoms with E-state index in [0.29, 0.717) is 12.0 Å². The zero-order valence-electron chi connectivity index (χ0n) is 8.68. The van der Waals surface area contributed by atoms with Crippen molar-refractivity contribution in [1.82, 2.24) is 0 Å². The third-order valence-electron chi connectivity index (χ3n) is 3.33. The van der Waals surface area contributed by atoms with Crippen LogP contribution in [0.5, 0.6) is 0 Å². The van der Waals surface area contributed by atoms with E-state index >= 15 is 0 Å². The van der Waals surface area contributed by atoms with Gasteiger partial charge in [-0.05, 0) is 17.7 Å². The van der Waals surface area contributed by atoms with Crippen LogP contribution in [0.25, 0.3) is 0 Å². The number of rotatable bonds is 1. The first-order valence-electron chi connectivity index (χ1n) is 4.91. The fourth-order valence-electron chi connectivity index (χ4n) is 2.03. The Morgan fingerprint density at radius 2 is 1.93 bits per heavy atom. The number of carbonyl (C=O) groups excluding carboxylic acids is 1.